The van der Waals surface area contributed by atoms with Gasteiger partial charge in [0.25, 0.3) is 0 Å². The number of aliphatic hydroxyl groups is 2. The second-order valence-electron chi connectivity index (χ2n) is 4.63. The highest BCUT2D eigenvalue weighted by atomic mass is 35.9. The minimum atomic E-state index is -3.84. The van der Waals surface area contributed by atoms with Gasteiger partial charge in [-0.3, -0.25) is 9.13 Å². The largest absolute Gasteiger partial charge is 0.387 e. The van der Waals surface area contributed by atoms with Gasteiger partial charge in [-0.05, 0) is 22.5 Å². The third kappa shape index (κ3) is 4.05. The maximum atomic E-state index is 11.9. The minimum Gasteiger partial charge on any atom is -0.387 e. The lowest BCUT2D eigenvalue weighted by atomic mass is 10.1. The SMILES string of the molecule is C#Cc1cn([C@@H]2O[C@H](COP(=O)(Cl)Cl)[C@H](O)[C@@H]2O)c(=O)nc1N. The van der Waals surface area contributed by atoms with Gasteiger partial charge in [0.05, 0.1) is 12.2 Å². The van der Waals surface area contributed by atoms with Gasteiger partial charge in [0, 0.05) is 6.20 Å². The number of aromatic nitrogens is 2. The van der Waals surface area contributed by atoms with Crippen LogP contribution in [0, 0.1) is 12.3 Å². The molecule has 4 N–H and O–H groups in total. The number of nitrogens with zero attached hydrogens (tertiary/aromatic N) is 2. The van der Waals surface area contributed by atoms with E-state index in [-0.39, 0.29) is 11.4 Å². The number of rotatable bonds is 4. The van der Waals surface area contributed by atoms with Gasteiger partial charge in [0.15, 0.2) is 6.23 Å². The molecule has 126 valence electrons. The van der Waals surface area contributed by atoms with Crippen LogP contribution in [0.1, 0.15) is 11.8 Å². The van der Waals surface area contributed by atoms with E-state index in [2.05, 4.69) is 15.4 Å². The van der Waals surface area contributed by atoms with E-state index in [1.807, 2.05) is 0 Å². The molecule has 1 saturated heterocycles. The molecular formula is C11H12Cl2N3O6P. The van der Waals surface area contributed by atoms with Crippen LogP contribution in [0.3, 0.4) is 0 Å². The molecule has 0 saturated carbocycles. The number of anilines is 1. The van der Waals surface area contributed by atoms with E-state index in [4.69, 9.17) is 39.4 Å². The second-order valence-corrected chi connectivity index (χ2v) is 8.91. The Morgan fingerprint density at radius 1 is 1.52 bits per heavy atom. The van der Waals surface area contributed by atoms with Gasteiger partial charge < -0.3 is 25.2 Å². The molecule has 0 unspecified atom stereocenters. The molecule has 1 aromatic heterocycles. The fourth-order valence-electron chi connectivity index (χ4n) is 2.03. The molecule has 1 aliphatic heterocycles. The van der Waals surface area contributed by atoms with Crippen molar-refractivity contribution in [2.24, 2.45) is 0 Å². The number of hydrogen-bond acceptors (Lipinski definition) is 8. The first-order valence-electron chi connectivity index (χ1n) is 6.15. The first-order valence-corrected chi connectivity index (χ1v) is 9.58. The normalized spacial score (nSPS) is 27.8. The van der Waals surface area contributed by atoms with Gasteiger partial charge >= 0.3 is 11.8 Å². The zero-order valence-electron chi connectivity index (χ0n) is 11.4. The molecule has 0 aliphatic carbocycles. The van der Waals surface area contributed by atoms with E-state index in [1.54, 1.807) is 0 Å². The van der Waals surface area contributed by atoms with Crippen LogP contribution in [0.4, 0.5) is 5.82 Å². The average molecular weight is 384 g/mol. The Morgan fingerprint density at radius 3 is 2.74 bits per heavy atom. The highest BCUT2D eigenvalue weighted by Gasteiger charge is 2.45. The molecular weight excluding hydrogens is 372 g/mol. The number of halogens is 2. The van der Waals surface area contributed by atoms with E-state index in [0.717, 1.165) is 4.57 Å². The Labute approximate surface area is 140 Å². The highest BCUT2D eigenvalue weighted by Crippen LogP contribution is 2.57. The predicted molar refractivity (Wildman–Crippen MR) is 82.0 cm³/mol. The van der Waals surface area contributed by atoms with Crippen LogP contribution < -0.4 is 11.4 Å². The lowest BCUT2D eigenvalue weighted by molar-refractivity contribution is -0.0506. The predicted octanol–water partition coefficient (Wildman–Crippen LogP) is 0.0283. The van der Waals surface area contributed by atoms with E-state index in [0.29, 0.717) is 0 Å². The van der Waals surface area contributed by atoms with Gasteiger partial charge in [0.2, 0.25) is 0 Å². The third-order valence-corrected chi connectivity index (χ3v) is 4.17. The Hall–Kier alpha value is -1.11. The first-order chi connectivity index (χ1) is 10.6. The van der Waals surface area contributed by atoms with Gasteiger partial charge in [0.1, 0.15) is 24.1 Å². The van der Waals surface area contributed by atoms with Crippen LogP contribution in [0.5, 0.6) is 0 Å². The summed E-state index contributed by atoms with van der Waals surface area (Å²) in [4.78, 5) is 15.4. The molecule has 0 spiro atoms. The Bertz CT molecular complexity index is 744. The second kappa shape index (κ2) is 6.79. The van der Waals surface area contributed by atoms with Crippen molar-refractivity contribution >= 4 is 34.4 Å². The molecule has 2 heterocycles. The molecule has 2 rings (SSSR count). The summed E-state index contributed by atoms with van der Waals surface area (Å²) in [5.74, 6) is 2.08. The van der Waals surface area contributed by atoms with Crippen molar-refractivity contribution in [2.45, 2.75) is 24.5 Å². The number of hydrogen-bond donors (Lipinski definition) is 3. The fraction of sp³-hybridized carbons (Fsp3) is 0.455. The summed E-state index contributed by atoms with van der Waals surface area (Å²) in [5, 5.41) is 20.0. The van der Waals surface area contributed by atoms with Crippen LogP contribution in [-0.4, -0.2) is 44.7 Å². The Kier molecular flexibility index (Phi) is 5.38. The number of nitrogen functional groups attached to an aromatic ring is 1. The standard InChI is InChI=1S/C11H12Cl2N3O6P/c1-2-5-3-16(11(19)15-9(5)14)10-8(18)7(17)6(22-10)4-21-23(12,13)20/h1,3,6-8,10,17-18H,4H2,(H2,14,15,19)/t6-,7+,8+,10-/m1/s1. The van der Waals surface area contributed by atoms with Gasteiger partial charge in [-0.1, -0.05) is 5.92 Å². The maximum Gasteiger partial charge on any atom is 0.380 e. The Balaban J connectivity index is 2.26. The molecule has 1 aliphatic rings. The van der Waals surface area contributed by atoms with Crippen LogP contribution in [0.15, 0.2) is 11.0 Å². The van der Waals surface area contributed by atoms with Crippen molar-refractivity contribution in [3.05, 3.63) is 22.2 Å². The topological polar surface area (TPSA) is 137 Å². The lowest BCUT2D eigenvalue weighted by Crippen LogP contribution is -2.36. The summed E-state index contributed by atoms with van der Waals surface area (Å²) in [6.07, 6.45) is -2.80. The molecule has 12 heteroatoms. The summed E-state index contributed by atoms with van der Waals surface area (Å²) in [6, 6.07) is 0. The third-order valence-electron chi connectivity index (χ3n) is 3.14. The molecule has 0 aromatic carbocycles. The van der Waals surface area contributed by atoms with Crippen molar-refractivity contribution < 1.29 is 24.0 Å². The van der Waals surface area contributed by atoms with Gasteiger partial charge in [-0.15, -0.1) is 6.42 Å². The summed E-state index contributed by atoms with van der Waals surface area (Å²) >= 11 is 10.5. The monoisotopic (exact) mass is 383 g/mol. The Morgan fingerprint density at radius 2 is 2.17 bits per heavy atom. The van der Waals surface area contributed by atoms with Gasteiger partial charge in [-0.2, -0.15) is 4.98 Å². The van der Waals surface area contributed by atoms with Gasteiger partial charge in [-0.25, -0.2) is 4.79 Å². The van der Waals surface area contributed by atoms with Crippen molar-refractivity contribution in [1.29, 1.82) is 0 Å². The molecule has 4 atom stereocenters. The molecule has 0 bridgehead atoms. The van der Waals surface area contributed by atoms with Crippen molar-refractivity contribution in [3.8, 4) is 12.3 Å². The number of ether oxygens (including phenoxy) is 1. The average Bonchev–Trinajstić information content (AvgIpc) is 2.73. The van der Waals surface area contributed by atoms with Crippen LogP contribution in [0.2, 0.25) is 0 Å². The van der Waals surface area contributed by atoms with Crippen molar-refractivity contribution in [2.75, 3.05) is 12.3 Å². The molecule has 23 heavy (non-hydrogen) atoms. The van der Waals surface area contributed by atoms with Crippen LogP contribution in [-0.2, 0) is 13.8 Å². The highest BCUT2D eigenvalue weighted by molar-refractivity contribution is 8.05. The molecule has 0 amide bonds. The van der Waals surface area contributed by atoms with E-state index >= 15 is 0 Å². The minimum absolute atomic E-state index is 0.112. The number of nitrogens with two attached hydrogens (primary N) is 1. The molecule has 9 nitrogen and oxygen atoms in total. The molecule has 1 fully saturated rings. The summed E-state index contributed by atoms with van der Waals surface area (Å²) in [7, 11) is 0. The zero-order chi connectivity index (χ0) is 17.4. The summed E-state index contributed by atoms with van der Waals surface area (Å²) in [5.41, 5.74) is 4.76. The molecule has 1 aromatic rings. The van der Waals surface area contributed by atoms with E-state index in [1.165, 1.54) is 6.20 Å². The lowest BCUT2D eigenvalue weighted by Gasteiger charge is -2.17. The quantitative estimate of drug-likeness (QED) is 0.489. The van der Waals surface area contributed by atoms with Crippen molar-refractivity contribution in [1.82, 2.24) is 9.55 Å². The summed E-state index contributed by atoms with van der Waals surface area (Å²) in [6.45, 7) is -0.460. The van der Waals surface area contributed by atoms with Crippen LogP contribution >= 0.6 is 28.6 Å². The number of aliphatic hydroxyl groups excluding tert-OH is 2. The maximum absolute atomic E-state index is 11.9. The zero-order valence-corrected chi connectivity index (χ0v) is 13.8. The van der Waals surface area contributed by atoms with E-state index in [9.17, 15) is 19.6 Å². The van der Waals surface area contributed by atoms with Crippen molar-refractivity contribution in [3.63, 3.8) is 0 Å². The van der Waals surface area contributed by atoms with E-state index < -0.39 is 42.9 Å². The fourth-order valence-corrected chi connectivity index (χ4v) is 2.69. The number of terminal acetylenes is 1. The molecule has 0 radical (unpaired) electrons. The summed E-state index contributed by atoms with van der Waals surface area (Å²) < 4.78 is 22.0. The first kappa shape index (κ1) is 18.2. The van der Waals surface area contributed by atoms with Crippen LogP contribution in [0.25, 0.3) is 0 Å². The smallest absolute Gasteiger partial charge is 0.380 e.